The normalized spacial score (nSPS) is 22.1. The molecule has 2 aromatic carbocycles. The van der Waals surface area contributed by atoms with Crippen LogP contribution in [0.15, 0.2) is 47.5 Å². The highest BCUT2D eigenvalue weighted by molar-refractivity contribution is 6.47. The van der Waals surface area contributed by atoms with Gasteiger partial charge in [-0.2, -0.15) is 0 Å². The van der Waals surface area contributed by atoms with Gasteiger partial charge in [0.25, 0.3) is 11.8 Å². The number of amides is 2. The lowest BCUT2D eigenvalue weighted by atomic mass is 9.69. The monoisotopic (exact) mass is 607 g/mol. The summed E-state index contributed by atoms with van der Waals surface area (Å²) in [5.74, 6) is -1.18. The second-order valence-electron chi connectivity index (χ2n) is 14.0. The van der Waals surface area contributed by atoms with Crippen molar-refractivity contribution in [2.75, 3.05) is 6.54 Å². The van der Waals surface area contributed by atoms with Crippen LogP contribution in [0.3, 0.4) is 0 Å². The second-order valence-corrected chi connectivity index (χ2v) is 14.4. The highest BCUT2D eigenvalue weighted by Crippen LogP contribution is 2.50. The Morgan fingerprint density at radius 2 is 1.72 bits per heavy atom. The van der Waals surface area contributed by atoms with Crippen LogP contribution < -0.4 is 5.32 Å². The number of halogens is 1. The zero-order valence-electron chi connectivity index (χ0n) is 26.5. The number of carboxylic acid groups (broad SMARTS) is 1. The molecule has 0 bridgehead atoms. The minimum atomic E-state index is -0.956. The molecule has 1 heterocycles. The fourth-order valence-corrected chi connectivity index (χ4v) is 6.82. The van der Waals surface area contributed by atoms with E-state index in [1.165, 1.54) is 0 Å². The summed E-state index contributed by atoms with van der Waals surface area (Å²) in [5, 5.41) is 12.4. The summed E-state index contributed by atoms with van der Waals surface area (Å²) in [6.45, 7) is 14.8. The van der Waals surface area contributed by atoms with Crippen LogP contribution in [0.5, 0.6) is 0 Å². The van der Waals surface area contributed by atoms with Gasteiger partial charge in [-0.05, 0) is 97.7 Å². The second kappa shape index (κ2) is 12.8. The number of aliphatic imine (C=N–C) groups is 1. The molecule has 1 aliphatic carbocycles. The SMILES string of the molecule is Cc1cc(Cl)cc(C2=NC3(CCC(C(C)(C)C)CC3)N(C(CC(C)C)c3ccc(C(=O)NCC(C)C(=O)O)cc3)C2=O)c1. The lowest BCUT2D eigenvalue weighted by Crippen LogP contribution is -2.51. The maximum Gasteiger partial charge on any atom is 0.308 e. The van der Waals surface area contributed by atoms with Crippen LogP contribution in [-0.4, -0.2) is 45.7 Å². The van der Waals surface area contributed by atoms with Gasteiger partial charge >= 0.3 is 5.97 Å². The number of aryl methyl sites for hydroxylation is 1. The molecule has 8 heteroatoms. The van der Waals surface area contributed by atoms with Crippen LogP contribution in [0, 0.1) is 30.1 Å². The number of carbonyl (C=O) groups excluding carboxylic acids is 2. The number of aliphatic carboxylic acids is 1. The van der Waals surface area contributed by atoms with Gasteiger partial charge in [0, 0.05) is 22.7 Å². The molecule has 7 nitrogen and oxygen atoms in total. The number of rotatable bonds is 9. The first-order chi connectivity index (χ1) is 20.1. The molecule has 0 saturated heterocycles. The van der Waals surface area contributed by atoms with Gasteiger partial charge in [0.05, 0.1) is 12.0 Å². The zero-order chi connectivity index (χ0) is 31.7. The van der Waals surface area contributed by atoms with Crippen LogP contribution in [-0.2, 0) is 9.59 Å². The van der Waals surface area contributed by atoms with Crippen LogP contribution in [0.25, 0.3) is 0 Å². The standard InChI is InChI=1S/C35H46ClN3O4/c1-21(2)16-29(24-8-10-25(11-9-24)31(40)37-20-23(4)33(42)43)39-32(41)30(26-17-22(3)18-28(36)19-26)38-35(39)14-12-27(13-15-35)34(5,6)7/h8-11,17-19,21,23,27,29H,12-16,20H2,1-7H3,(H,37,40)(H,42,43). The lowest BCUT2D eigenvalue weighted by Gasteiger charge is -2.47. The van der Waals surface area contributed by atoms with Gasteiger partial charge in [-0.3, -0.25) is 19.4 Å². The first kappa shape index (κ1) is 32.7. The molecule has 232 valence electrons. The molecule has 4 rings (SSSR count). The Labute approximate surface area is 261 Å². The van der Waals surface area contributed by atoms with E-state index in [0.717, 1.165) is 48.8 Å². The van der Waals surface area contributed by atoms with Gasteiger partial charge in [-0.1, -0.05) is 65.3 Å². The highest BCUT2D eigenvalue weighted by Gasteiger charge is 2.52. The molecule has 1 aliphatic heterocycles. The summed E-state index contributed by atoms with van der Waals surface area (Å²) >= 11 is 6.44. The molecule has 2 amide bonds. The number of hydrogen-bond acceptors (Lipinski definition) is 4. The van der Waals surface area contributed by atoms with Gasteiger partial charge < -0.3 is 15.3 Å². The molecule has 43 heavy (non-hydrogen) atoms. The van der Waals surface area contributed by atoms with Crippen molar-refractivity contribution in [3.63, 3.8) is 0 Å². The highest BCUT2D eigenvalue weighted by atomic mass is 35.5. The van der Waals surface area contributed by atoms with Crippen molar-refractivity contribution in [1.29, 1.82) is 0 Å². The van der Waals surface area contributed by atoms with Gasteiger partial charge in [0.2, 0.25) is 0 Å². The predicted molar refractivity (Wildman–Crippen MR) is 171 cm³/mol. The molecule has 0 radical (unpaired) electrons. The Morgan fingerprint density at radius 3 is 2.26 bits per heavy atom. The molecular formula is C35H46ClN3O4. The van der Waals surface area contributed by atoms with E-state index in [1.807, 2.05) is 42.2 Å². The quantitative estimate of drug-likeness (QED) is 0.309. The van der Waals surface area contributed by atoms with E-state index in [1.54, 1.807) is 19.1 Å². The number of benzene rings is 2. The first-order valence-corrected chi connectivity index (χ1v) is 15.8. The molecule has 1 spiro atoms. The van der Waals surface area contributed by atoms with Crippen LogP contribution >= 0.6 is 11.6 Å². The van der Waals surface area contributed by atoms with E-state index in [2.05, 4.69) is 39.9 Å². The summed E-state index contributed by atoms with van der Waals surface area (Å²) in [6, 6.07) is 12.8. The van der Waals surface area contributed by atoms with Crippen LogP contribution in [0.1, 0.15) is 107 Å². The number of carboxylic acids is 1. The molecular weight excluding hydrogens is 562 g/mol. The van der Waals surface area contributed by atoms with E-state index < -0.39 is 17.6 Å². The van der Waals surface area contributed by atoms with E-state index in [0.29, 0.717) is 28.1 Å². The third-order valence-corrected chi connectivity index (χ3v) is 9.29. The van der Waals surface area contributed by atoms with Crippen molar-refractivity contribution in [1.82, 2.24) is 10.2 Å². The molecule has 2 aromatic rings. The maximum atomic E-state index is 14.5. The predicted octanol–water partition coefficient (Wildman–Crippen LogP) is 7.45. The average Bonchev–Trinajstić information content (AvgIpc) is 3.20. The third kappa shape index (κ3) is 7.31. The maximum absolute atomic E-state index is 14.5. The van der Waals surface area contributed by atoms with E-state index in [4.69, 9.17) is 21.7 Å². The van der Waals surface area contributed by atoms with Crippen molar-refractivity contribution in [2.24, 2.45) is 28.2 Å². The summed E-state index contributed by atoms with van der Waals surface area (Å²) in [6.07, 6.45) is 4.30. The van der Waals surface area contributed by atoms with Gasteiger partial charge in [-0.25, -0.2) is 0 Å². The molecule has 2 unspecified atom stereocenters. The van der Waals surface area contributed by atoms with Crippen LogP contribution in [0.4, 0.5) is 0 Å². The van der Waals surface area contributed by atoms with E-state index in [-0.39, 0.29) is 29.8 Å². The topological polar surface area (TPSA) is 99.1 Å². The summed E-state index contributed by atoms with van der Waals surface area (Å²) in [4.78, 5) is 45.7. The molecule has 2 aliphatic rings. The van der Waals surface area contributed by atoms with Gasteiger partial charge in [0.15, 0.2) is 0 Å². The molecule has 2 N–H and O–H groups in total. The number of hydrogen-bond donors (Lipinski definition) is 2. The fourth-order valence-electron chi connectivity index (χ4n) is 6.53. The first-order valence-electron chi connectivity index (χ1n) is 15.4. The fraction of sp³-hybridized carbons (Fsp3) is 0.543. The van der Waals surface area contributed by atoms with Crippen molar-refractivity contribution >= 4 is 35.1 Å². The number of nitrogens with zero attached hydrogens (tertiary/aromatic N) is 2. The summed E-state index contributed by atoms with van der Waals surface area (Å²) in [5.41, 5.74) is 3.14. The minimum Gasteiger partial charge on any atom is -0.481 e. The number of nitrogens with one attached hydrogen (secondary N) is 1. The van der Waals surface area contributed by atoms with Crippen molar-refractivity contribution in [3.05, 3.63) is 69.7 Å². The average molecular weight is 608 g/mol. The molecule has 1 fully saturated rings. The smallest absolute Gasteiger partial charge is 0.308 e. The van der Waals surface area contributed by atoms with Crippen molar-refractivity contribution in [3.8, 4) is 0 Å². The number of carbonyl (C=O) groups is 3. The van der Waals surface area contributed by atoms with Gasteiger partial charge in [0.1, 0.15) is 11.4 Å². The minimum absolute atomic E-state index is 0.0509. The Kier molecular flexibility index (Phi) is 9.75. The Bertz CT molecular complexity index is 1360. The van der Waals surface area contributed by atoms with E-state index >= 15 is 0 Å². The molecule has 1 saturated carbocycles. The molecule has 0 aromatic heterocycles. The zero-order valence-corrected chi connectivity index (χ0v) is 27.3. The molecule has 2 atom stereocenters. The largest absolute Gasteiger partial charge is 0.481 e. The van der Waals surface area contributed by atoms with Crippen molar-refractivity contribution in [2.45, 2.75) is 92.3 Å². The van der Waals surface area contributed by atoms with Crippen molar-refractivity contribution < 1.29 is 19.5 Å². The third-order valence-electron chi connectivity index (χ3n) is 9.07. The van der Waals surface area contributed by atoms with Gasteiger partial charge in [-0.15, -0.1) is 0 Å². The Hall–Kier alpha value is -3.19. The lowest BCUT2D eigenvalue weighted by molar-refractivity contribution is -0.141. The summed E-state index contributed by atoms with van der Waals surface area (Å²) in [7, 11) is 0. The van der Waals surface area contributed by atoms with E-state index in [9.17, 15) is 14.4 Å². The Balaban J connectivity index is 1.71. The van der Waals surface area contributed by atoms with Crippen LogP contribution in [0.2, 0.25) is 5.02 Å². The summed E-state index contributed by atoms with van der Waals surface area (Å²) < 4.78 is 0. The Morgan fingerprint density at radius 1 is 1.09 bits per heavy atom.